The number of nitrogens with two attached hydrogens (primary N) is 1. The third-order valence-electron chi connectivity index (χ3n) is 1.95. The number of carbonyl (C=O) groups excluding carboxylic acids is 1. The molecule has 1 amide bonds. The number of amides is 1. The number of halogens is 2. The summed E-state index contributed by atoms with van der Waals surface area (Å²) in [6, 6.07) is 0.0746. The molecule has 0 aliphatic heterocycles. The molecular weight excluding hydrogens is 216 g/mol. The Morgan fingerprint density at radius 3 is 2.44 bits per heavy atom. The Labute approximate surface area is 95.2 Å². The fourth-order valence-electron chi connectivity index (χ4n) is 1.33. The Kier molecular flexibility index (Phi) is 8.01. The molecule has 96 valence electrons. The first-order valence-corrected chi connectivity index (χ1v) is 5.45. The van der Waals surface area contributed by atoms with Gasteiger partial charge in [-0.25, -0.2) is 8.78 Å². The molecule has 0 atom stereocenters. The van der Waals surface area contributed by atoms with E-state index in [1.165, 1.54) is 4.90 Å². The SMILES string of the molecule is CC(C)NC(=O)CCN(CCN)CC(F)F. The minimum atomic E-state index is -2.39. The van der Waals surface area contributed by atoms with Crippen LogP contribution in [0.4, 0.5) is 8.78 Å². The van der Waals surface area contributed by atoms with Crippen LogP contribution in [0.2, 0.25) is 0 Å². The van der Waals surface area contributed by atoms with E-state index in [2.05, 4.69) is 5.32 Å². The van der Waals surface area contributed by atoms with Gasteiger partial charge in [-0.1, -0.05) is 0 Å². The van der Waals surface area contributed by atoms with Crippen molar-refractivity contribution in [1.82, 2.24) is 10.2 Å². The molecule has 0 radical (unpaired) electrons. The third kappa shape index (κ3) is 8.55. The van der Waals surface area contributed by atoms with Crippen LogP contribution in [-0.4, -0.2) is 49.5 Å². The Balaban J connectivity index is 3.86. The monoisotopic (exact) mass is 237 g/mol. The van der Waals surface area contributed by atoms with E-state index in [0.717, 1.165) is 0 Å². The molecule has 0 aromatic heterocycles. The fourth-order valence-corrected chi connectivity index (χ4v) is 1.33. The van der Waals surface area contributed by atoms with Crippen LogP contribution >= 0.6 is 0 Å². The summed E-state index contributed by atoms with van der Waals surface area (Å²) < 4.78 is 24.3. The van der Waals surface area contributed by atoms with Crippen molar-refractivity contribution in [3.63, 3.8) is 0 Å². The number of alkyl halides is 2. The summed E-state index contributed by atoms with van der Waals surface area (Å²) in [6.07, 6.45) is -2.16. The average Bonchev–Trinajstić information content (AvgIpc) is 2.12. The topological polar surface area (TPSA) is 58.4 Å². The predicted octanol–water partition coefficient (Wildman–Crippen LogP) is 0.427. The molecule has 0 fully saturated rings. The lowest BCUT2D eigenvalue weighted by Crippen LogP contribution is -2.38. The van der Waals surface area contributed by atoms with Crippen LogP contribution in [0.1, 0.15) is 20.3 Å². The number of rotatable bonds is 8. The third-order valence-corrected chi connectivity index (χ3v) is 1.95. The molecule has 4 nitrogen and oxygen atoms in total. The van der Waals surface area contributed by atoms with E-state index in [9.17, 15) is 13.6 Å². The Morgan fingerprint density at radius 1 is 1.38 bits per heavy atom. The summed E-state index contributed by atoms with van der Waals surface area (Å²) >= 11 is 0. The number of nitrogens with one attached hydrogen (secondary N) is 1. The van der Waals surface area contributed by atoms with Crippen molar-refractivity contribution in [1.29, 1.82) is 0 Å². The highest BCUT2D eigenvalue weighted by atomic mass is 19.3. The van der Waals surface area contributed by atoms with Crippen LogP contribution in [0.3, 0.4) is 0 Å². The van der Waals surface area contributed by atoms with Crippen LogP contribution in [0.25, 0.3) is 0 Å². The molecule has 0 heterocycles. The summed E-state index contributed by atoms with van der Waals surface area (Å²) in [6.45, 7) is 4.41. The summed E-state index contributed by atoms with van der Waals surface area (Å²) in [4.78, 5) is 12.8. The predicted molar refractivity (Wildman–Crippen MR) is 59.4 cm³/mol. The maximum absolute atomic E-state index is 12.2. The second-order valence-electron chi connectivity index (χ2n) is 3.95. The zero-order chi connectivity index (χ0) is 12.6. The lowest BCUT2D eigenvalue weighted by Gasteiger charge is -2.20. The summed E-state index contributed by atoms with van der Waals surface area (Å²) in [5.41, 5.74) is 5.31. The minimum absolute atomic E-state index is 0.0746. The Hall–Kier alpha value is -0.750. The van der Waals surface area contributed by atoms with Crippen LogP contribution in [0.5, 0.6) is 0 Å². The van der Waals surface area contributed by atoms with E-state index in [1.807, 2.05) is 13.8 Å². The first-order valence-electron chi connectivity index (χ1n) is 5.45. The van der Waals surface area contributed by atoms with Crippen LogP contribution in [0, 0.1) is 0 Å². The van der Waals surface area contributed by atoms with Gasteiger partial charge in [0, 0.05) is 32.1 Å². The highest BCUT2D eigenvalue weighted by molar-refractivity contribution is 5.76. The van der Waals surface area contributed by atoms with Gasteiger partial charge in [-0.2, -0.15) is 0 Å². The molecule has 0 bridgehead atoms. The molecule has 0 saturated carbocycles. The van der Waals surface area contributed by atoms with Crippen LogP contribution < -0.4 is 11.1 Å². The lowest BCUT2D eigenvalue weighted by atomic mass is 10.3. The summed E-state index contributed by atoms with van der Waals surface area (Å²) in [5.74, 6) is -0.119. The molecule has 6 heteroatoms. The molecule has 0 aliphatic carbocycles. The van der Waals surface area contributed by atoms with E-state index in [4.69, 9.17) is 5.73 Å². The van der Waals surface area contributed by atoms with Crippen molar-refractivity contribution in [2.45, 2.75) is 32.7 Å². The van der Waals surface area contributed by atoms with E-state index in [0.29, 0.717) is 19.6 Å². The van der Waals surface area contributed by atoms with Crippen molar-refractivity contribution in [3.05, 3.63) is 0 Å². The standard InChI is InChI=1S/C10H21F2N3O/c1-8(2)14-10(16)3-5-15(6-4-13)7-9(11)12/h8-9H,3-7,13H2,1-2H3,(H,14,16). The van der Waals surface area contributed by atoms with Gasteiger partial charge in [0.05, 0.1) is 6.54 Å². The highest BCUT2D eigenvalue weighted by Gasteiger charge is 2.13. The van der Waals surface area contributed by atoms with Gasteiger partial charge in [-0.3, -0.25) is 9.69 Å². The van der Waals surface area contributed by atoms with Gasteiger partial charge in [-0.15, -0.1) is 0 Å². The van der Waals surface area contributed by atoms with Gasteiger partial charge < -0.3 is 11.1 Å². The molecule has 0 saturated heterocycles. The summed E-state index contributed by atoms with van der Waals surface area (Å²) in [7, 11) is 0. The van der Waals surface area contributed by atoms with E-state index in [1.54, 1.807) is 0 Å². The number of hydrogen-bond donors (Lipinski definition) is 2. The largest absolute Gasteiger partial charge is 0.354 e. The second-order valence-corrected chi connectivity index (χ2v) is 3.95. The number of nitrogens with zero attached hydrogens (tertiary/aromatic N) is 1. The van der Waals surface area contributed by atoms with Crippen LogP contribution in [-0.2, 0) is 4.79 Å². The van der Waals surface area contributed by atoms with E-state index in [-0.39, 0.29) is 24.9 Å². The maximum Gasteiger partial charge on any atom is 0.251 e. The maximum atomic E-state index is 12.2. The molecule has 0 spiro atoms. The first-order chi connectivity index (χ1) is 7.45. The van der Waals surface area contributed by atoms with Gasteiger partial charge in [0.15, 0.2) is 0 Å². The molecule has 0 rings (SSSR count). The van der Waals surface area contributed by atoms with Crippen LogP contribution in [0.15, 0.2) is 0 Å². The zero-order valence-electron chi connectivity index (χ0n) is 9.88. The van der Waals surface area contributed by atoms with E-state index < -0.39 is 6.43 Å². The van der Waals surface area contributed by atoms with Crippen molar-refractivity contribution >= 4 is 5.91 Å². The highest BCUT2D eigenvalue weighted by Crippen LogP contribution is 1.99. The van der Waals surface area contributed by atoms with Crippen molar-refractivity contribution < 1.29 is 13.6 Å². The molecule has 3 N–H and O–H groups in total. The Morgan fingerprint density at radius 2 is 2.00 bits per heavy atom. The van der Waals surface area contributed by atoms with Gasteiger partial charge in [0.25, 0.3) is 6.43 Å². The fraction of sp³-hybridized carbons (Fsp3) is 0.900. The van der Waals surface area contributed by atoms with Crippen molar-refractivity contribution in [3.8, 4) is 0 Å². The van der Waals surface area contributed by atoms with Gasteiger partial charge >= 0.3 is 0 Å². The molecule has 0 aromatic carbocycles. The Bertz CT molecular complexity index is 201. The van der Waals surface area contributed by atoms with Gasteiger partial charge in [0.2, 0.25) is 5.91 Å². The van der Waals surface area contributed by atoms with Crippen molar-refractivity contribution in [2.75, 3.05) is 26.2 Å². The van der Waals surface area contributed by atoms with Crippen molar-refractivity contribution in [2.24, 2.45) is 5.73 Å². The average molecular weight is 237 g/mol. The van der Waals surface area contributed by atoms with E-state index >= 15 is 0 Å². The lowest BCUT2D eigenvalue weighted by molar-refractivity contribution is -0.122. The second kappa shape index (κ2) is 8.41. The minimum Gasteiger partial charge on any atom is -0.354 e. The smallest absolute Gasteiger partial charge is 0.251 e. The molecule has 0 aromatic rings. The van der Waals surface area contributed by atoms with Gasteiger partial charge in [0.1, 0.15) is 0 Å². The van der Waals surface area contributed by atoms with Gasteiger partial charge in [-0.05, 0) is 13.8 Å². The first kappa shape index (κ1) is 15.2. The molecule has 0 unspecified atom stereocenters. The molecule has 0 aliphatic rings. The number of hydrogen-bond acceptors (Lipinski definition) is 3. The normalized spacial score (nSPS) is 11.5. The quantitative estimate of drug-likeness (QED) is 0.643. The molecular formula is C10H21F2N3O. The zero-order valence-corrected chi connectivity index (χ0v) is 9.88. The molecule has 16 heavy (non-hydrogen) atoms. The number of carbonyl (C=O) groups is 1. The summed E-state index contributed by atoms with van der Waals surface area (Å²) in [5, 5.41) is 2.71.